The van der Waals surface area contributed by atoms with Crippen molar-refractivity contribution in [3.8, 4) is 0 Å². The number of hydrogen-bond donors (Lipinski definition) is 0. The Labute approximate surface area is 116 Å². The molecule has 1 saturated carbocycles. The van der Waals surface area contributed by atoms with Gasteiger partial charge in [0.15, 0.2) is 0 Å². The normalized spacial score (nSPS) is 15.5. The first kappa shape index (κ1) is 12.9. The molecule has 0 bridgehead atoms. The van der Waals surface area contributed by atoms with Crippen LogP contribution in [0.2, 0.25) is 0 Å². The highest BCUT2D eigenvalue weighted by Gasteiger charge is 2.21. The van der Waals surface area contributed by atoms with Crippen LogP contribution < -0.4 is 0 Å². The van der Waals surface area contributed by atoms with Gasteiger partial charge in [0.1, 0.15) is 0 Å². The summed E-state index contributed by atoms with van der Waals surface area (Å²) in [6, 6.07) is 4.10. The largest absolute Gasteiger partial charge is 0.465 e. The SMILES string of the molecule is COC(=O)c1cc(I)cc(CC2CCC2)c1C. The highest BCUT2D eigenvalue weighted by Crippen LogP contribution is 2.32. The van der Waals surface area contributed by atoms with Gasteiger partial charge in [0, 0.05) is 3.57 Å². The molecule has 1 fully saturated rings. The second-order valence-corrected chi connectivity index (χ2v) is 5.98. The molecule has 0 atom stereocenters. The molecule has 0 amide bonds. The zero-order chi connectivity index (χ0) is 12.4. The van der Waals surface area contributed by atoms with Gasteiger partial charge in [-0.2, -0.15) is 0 Å². The van der Waals surface area contributed by atoms with Gasteiger partial charge in [0.25, 0.3) is 0 Å². The van der Waals surface area contributed by atoms with E-state index in [9.17, 15) is 4.79 Å². The zero-order valence-electron chi connectivity index (χ0n) is 10.3. The fourth-order valence-electron chi connectivity index (χ4n) is 2.28. The van der Waals surface area contributed by atoms with Crippen LogP contribution in [0.15, 0.2) is 12.1 Å². The van der Waals surface area contributed by atoms with Crippen molar-refractivity contribution in [2.75, 3.05) is 7.11 Å². The van der Waals surface area contributed by atoms with Crippen LogP contribution >= 0.6 is 22.6 Å². The van der Waals surface area contributed by atoms with Crippen LogP contribution in [0.4, 0.5) is 0 Å². The van der Waals surface area contributed by atoms with Gasteiger partial charge in [-0.15, -0.1) is 0 Å². The van der Waals surface area contributed by atoms with Crippen molar-refractivity contribution in [3.05, 3.63) is 32.4 Å². The van der Waals surface area contributed by atoms with Gasteiger partial charge in [0.2, 0.25) is 0 Å². The van der Waals surface area contributed by atoms with E-state index in [1.165, 1.54) is 31.9 Å². The molecule has 0 aromatic heterocycles. The molecule has 3 heteroatoms. The van der Waals surface area contributed by atoms with E-state index < -0.39 is 0 Å². The maximum Gasteiger partial charge on any atom is 0.338 e. The minimum Gasteiger partial charge on any atom is -0.465 e. The summed E-state index contributed by atoms with van der Waals surface area (Å²) in [6.45, 7) is 2.02. The van der Waals surface area contributed by atoms with E-state index >= 15 is 0 Å². The first-order valence-electron chi connectivity index (χ1n) is 5.99. The van der Waals surface area contributed by atoms with Crippen LogP contribution in [-0.2, 0) is 11.2 Å². The Hall–Kier alpha value is -0.580. The molecule has 2 rings (SSSR count). The van der Waals surface area contributed by atoms with Crippen LogP contribution in [0, 0.1) is 16.4 Å². The number of methoxy groups -OCH3 is 1. The minimum atomic E-state index is -0.226. The molecule has 1 aromatic carbocycles. The van der Waals surface area contributed by atoms with E-state index in [-0.39, 0.29) is 5.97 Å². The maximum atomic E-state index is 11.7. The van der Waals surface area contributed by atoms with Gasteiger partial charge in [-0.05, 0) is 65.1 Å². The molecule has 0 spiro atoms. The topological polar surface area (TPSA) is 26.3 Å². The number of esters is 1. The number of benzene rings is 1. The molecule has 1 aliphatic rings. The fourth-order valence-corrected chi connectivity index (χ4v) is 2.96. The molecular weight excluding hydrogens is 327 g/mol. The van der Waals surface area contributed by atoms with Crippen LogP contribution in [0.3, 0.4) is 0 Å². The monoisotopic (exact) mass is 344 g/mol. The van der Waals surface area contributed by atoms with E-state index in [0.717, 1.165) is 21.5 Å². The Morgan fingerprint density at radius 3 is 2.71 bits per heavy atom. The lowest BCUT2D eigenvalue weighted by Gasteiger charge is -2.26. The summed E-state index contributed by atoms with van der Waals surface area (Å²) in [7, 11) is 1.44. The van der Waals surface area contributed by atoms with Gasteiger partial charge in [-0.1, -0.05) is 19.3 Å². The summed E-state index contributed by atoms with van der Waals surface area (Å²) in [6.07, 6.45) is 5.13. The molecule has 17 heavy (non-hydrogen) atoms. The molecular formula is C14H17IO2. The summed E-state index contributed by atoms with van der Waals surface area (Å²) in [5, 5.41) is 0. The Morgan fingerprint density at radius 2 is 2.18 bits per heavy atom. The molecule has 0 unspecified atom stereocenters. The van der Waals surface area contributed by atoms with Crippen molar-refractivity contribution in [2.45, 2.75) is 32.6 Å². The van der Waals surface area contributed by atoms with Crippen molar-refractivity contribution in [1.82, 2.24) is 0 Å². The highest BCUT2D eigenvalue weighted by atomic mass is 127. The fraction of sp³-hybridized carbons (Fsp3) is 0.500. The predicted molar refractivity (Wildman–Crippen MR) is 76.3 cm³/mol. The Kier molecular flexibility index (Phi) is 4.07. The average Bonchev–Trinajstić information content (AvgIpc) is 2.26. The molecule has 0 radical (unpaired) electrons. The summed E-state index contributed by atoms with van der Waals surface area (Å²) < 4.78 is 5.94. The third-order valence-electron chi connectivity index (χ3n) is 3.62. The molecule has 0 aliphatic heterocycles. The number of carbonyl (C=O) groups excluding carboxylic acids is 1. The van der Waals surface area contributed by atoms with E-state index in [4.69, 9.17) is 4.74 Å². The molecule has 92 valence electrons. The van der Waals surface area contributed by atoms with E-state index in [2.05, 4.69) is 28.7 Å². The molecule has 2 nitrogen and oxygen atoms in total. The Balaban J connectivity index is 2.30. The van der Waals surface area contributed by atoms with E-state index in [1.807, 2.05) is 13.0 Å². The Morgan fingerprint density at radius 1 is 1.47 bits per heavy atom. The first-order valence-corrected chi connectivity index (χ1v) is 7.07. The van der Waals surface area contributed by atoms with Crippen molar-refractivity contribution >= 4 is 28.6 Å². The zero-order valence-corrected chi connectivity index (χ0v) is 12.4. The standard InChI is InChI=1S/C14H17IO2/c1-9-11(6-10-4-3-5-10)7-12(15)8-13(9)14(16)17-2/h7-8,10H,3-6H2,1-2H3. The van der Waals surface area contributed by atoms with Crippen LogP contribution in [0.1, 0.15) is 40.7 Å². The summed E-state index contributed by atoms with van der Waals surface area (Å²) >= 11 is 2.27. The van der Waals surface area contributed by atoms with Crippen LogP contribution in [-0.4, -0.2) is 13.1 Å². The number of ether oxygens (including phenoxy) is 1. The van der Waals surface area contributed by atoms with Gasteiger partial charge < -0.3 is 4.74 Å². The maximum absolute atomic E-state index is 11.7. The van der Waals surface area contributed by atoms with Crippen LogP contribution in [0.5, 0.6) is 0 Å². The van der Waals surface area contributed by atoms with Gasteiger partial charge in [-0.3, -0.25) is 0 Å². The average molecular weight is 344 g/mol. The molecule has 1 aliphatic carbocycles. The minimum absolute atomic E-state index is 0.226. The summed E-state index contributed by atoms with van der Waals surface area (Å²) in [5.41, 5.74) is 3.11. The first-order chi connectivity index (χ1) is 8.11. The smallest absolute Gasteiger partial charge is 0.338 e. The lowest BCUT2D eigenvalue weighted by Crippen LogP contribution is -2.15. The summed E-state index contributed by atoms with van der Waals surface area (Å²) in [5.74, 6) is 0.591. The Bertz CT molecular complexity index is 436. The van der Waals surface area contributed by atoms with Gasteiger partial charge >= 0.3 is 5.97 Å². The van der Waals surface area contributed by atoms with Crippen molar-refractivity contribution in [1.29, 1.82) is 0 Å². The molecule has 0 N–H and O–H groups in total. The number of rotatable bonds is 3. The second kappa shape index (κ2) is 5.38. The van der Waals surface area contributed by atoms with Crippen LogP contribution in [0.25, 0.3) is 0 Å². The highest BCUT2D eigenvalue weighted by molar-refractivity contribution is 14.1. The lowest BCUT2D eigenvalue weighted by molar-refractivity contribution is 0.0599. The number of halogens is 1. The van der Waals surface area contributed by atoms with Gasteiger partial charge in [0.05, 0.1) is 12.7 Å². The van der Waals surface area contributed by atoms with E-state index in [0.29, 0.717) is 5.56 Å². The molecule has 0 saturated heterocycles. The summed E-state index contributed by atoms with van der Waals surface area (Å²) in [4.78, 5) is 11.7. The van der Waals surface area contributed by atoms with E-state index in [1.54, 1.807) is 0 Å². The van der Waals surface area contributed by atoms with Gasteiger partial charge in [-0.25, -0.2) is 4.79 Å². The van der Waals surface area contributed by atoms with Crippen molar-refractivity contribution in [2.24, 2.45) is 5.92 Å². The van der Waals surface area contributed by atoms with Crippen molar-refractivity contribution in [3.63, 3.8) is 0 Å². The van der Waals surface area contributed by atoms with Crippen molar-refractivity contribution < 1.29 is 9.53 Å². The number of hydrogen-bond acceptors (Lipinski definition) is 2. The predicted octanol–water partition coefficient (Wildman–Crippen LogP) is 3.73. The molecule has 1 aromatic rings. The third-order valence-corrected chi connectivity index (χ3v) is 4.24. The lowest BCUT2D eigenvalue weighted by atomic mass is 9.80. The second-order valence-electron chi connectivity index (χ2n) is 4.73. The third kappa shape index (κ3) is 2.81. The number of carbonyl (C=O) groups is 1. The quantitative estimate of drug-likeness (QED) is 0.617. The molecule has 0 heterocycles.